The molecule has 0 amide bonds. The van der Waals surface area contributed by atoms with E-state index in [1.807, 2.05) is 0 Å². The molecule has 0 heterocycles. The molecule has 19 heteroatoms. The van der Waals surface area contributed by atoms with Gasteiger partial charge in [-0.05, 0) is 77.0 Å². The van der Waals surface area contributed by atoms with Crippen LogP contribution in [-0.4, -0.2) is 96.7 Å². The van der Waals surface area contributed by atoms with Gasteiger partial charge in [-0.15, -0.1) is 0 Å². The van der Waals surface area contributed by atoms with Crippen LogP contribution in [0.25, 0.3) is 0 Å². The fourth-order valence-electron chi connectivity index (χ4n) is 12.4. The molecule has 0 saturated carbocycles. The largest absolute Gasteiger partial charge is 0.472 e. The van der Waals surface area contributed by atoms with Gasteiger partial charge in [0.1, 0.15) is 19.3 Å². The number of hydrogen-bond donors (Lipinski definition) is 3. The predicted octanol–water partition coefficient (Wildman–Crippen LogP) is 24.9. The van der Waals surface area contributed by atoms with Crippen molar-refractivity contribution < 1.29 is 80.2 Å². The van der Waals surface area contributed by atoms with Crippen LogP contribution in [0.5, 0.6) is 0 Å². The third-order valence-corrected chi connectivity index (χ3v) is 20.8. The minimum Gasteiger partial charge on any atom is -0.462 e. The molecule has 0 aliphatic carbocycles. The van der Waals surface area contributed by atoms with Crippen LogP contribution in [-0.2, 0) is 65.4 Å². The van der Waals surface area contributed by atoms with Gasteiger partial charge in [0.15, 0.2) is 12.2 Å². The number of allylic oxidation sites excluding steroid dienone is 4. The molecule has 0 bridgehead atoms. The second kappa shape index (κ2) is 76.7. The number of phosphoric ester groups is 2. The van der Waals surface area contributed by atoms with Crippen LogP contribution in [0.15, 0.2) is 24.3 Å². The van der Waals surface area contributed by atoms with E-state index in [2.05, 4.69) is 52.0 Å². The van der Waals surface area contributed by atoms with Crippen molar-refractivity contribution in [2.75, 3.05) is 39.6 Å². The number of esters is 4. The van der Waals surface area contributed by atoms with Crippen LogP contribution in [0.4, 0.5) is 0 Å². The number of carbonyl (C=O) groups is 4. The normalized spacial score (nSPS) is 13.9. The van der Waals surface area contributed by atoms with Crippen LogP contribution >= 0.6 is 15.6 Å². The highest BCUT2D eigenvalue weighted by Gasteiger charge is 2.30. The number of hydrogen-bond acceptors (Lipinski definition) is 15. The van der Waals surface area contributed by atoms with Gasteiger partial charge >= 0.3 is 39.5 Å². The minimum atomic E-state index is -4.97. The predicted molar refractivity (Wildman–Crippen MR) is 418 cm³/mol. The van der Waals surface area contributed by atoms with Gasteiger partial charge in [0.2, 0.25) is 0 Å². The van der Waals surface area contributed by atoms with Gasteiger partial charge in [-0.2, -0.15) is 0 Å². The van der Waals surface area contributed by atoms with Crippen molar-refractivity contribution >= 4 is 39.5 Å². The lowest BCUT2D eigenvalue weighted by Gasteiger charge is -2.21. The zero-order chi connectivity index (χ0) is 74.6. The van der Waals surface area contributed by atoms with Crippen molar-refractivity contribution in [1.82, 2.24) is 0 Å². The van der Waals surface area contributed by atoms with Crippen LogP contribution in [0.1, 0.15) is 426 Å². The van der Waals surface area contributed by atoms with Crippen LogP contribution < -0.4 is 0 Å². The summed E-state index contributed by atoms with van der Waals surface area (Å²) in [5.41, 5.74) is 0. The van der Waals surface area contributed by atoms with Crippen LogP contribution in [0, 0.1) is 0 Å². The second-order valence-corrected chi connectivity index (χ2v) is 32.0. The summed E-state index contributed by atoms with van der Waals surface area (Å²) in [5, 5.41) is 10.7. The van der Waals surface area contributed by atoms with Crippen molar-refractivity contribution in [3.05, 3.63) is 24.3 Å². The standard InChI is InChI=1S/C83H158O17P2/c1-5-9-13-17-21-25-29-33-37-38-42-46-50-54-58-62-66-70-83(88)100-79(74-94-81(86)68-64-60-56-52-48-44-40-35-31-27-23-19-15-11-7-3)76-98-102(91,92)96-72-77(84)71-95-101(89,90)97-75-78(99-82(87)69-65-61-57-53-49-45-41-36-32-28-24-20-16-12-8-4)73-93-80(85)67-63-59-55-51-47-43-39-34-30-26-22-18-14-10-6-2/h34-35,39-40,77-79,84H,5-33,36-38,41-76H2,1-4H3,(H,89,90)(H,91,92)/b39-34-,40-35-/t77-,78-,79-/m1/s1. The summed E-state index contributed by atoms with van der Waals surface area (Å²) >= 11 is 0. The van der Waals surface area contributed by atoms with E-state index in [-0.39, 0.29) is 25.7 Å². The minimum absolute atomic E-state index is 0.104. The third-order valence-electron chi connectivity index (χ3n) is 18.9. The molecule has 2 unspecified atom stereocenters. The quantitative estimate of drug-likeness (QED) is 0.0169. The Morgan fingerprint density at radius 3 is 0.676 bits per heavy atom. The molecule has 0 fully saturated rings. The highest BCUT2D eigenvalue weighted by molar-refractivity contribution is 7.47. The molecule has 0 aromatic rings. The average molecular weight is 1490 g/mol. The smallest absolute Gasteiger partial charge is 0.462 e. The van der Waals surface area contributed by atoms with Gasteiger partial charge in [0.25, 0.3) is 0 Å². The molecule has 102 heavy (non-hydrogen) atoms. The lowest BCUT2D eigenvalue weighted by Crippen LogP contribution is -2.30. The van der Waals surface area contributed by atoms with Crippen molar-refractivity contribution in [1.29, 1.82) is 0 Å². The zero-order valence-corrected chi connectivity index (χ0v) is 67.9. The molecule has 0 spiro atoms. The Bertz CT molecular complexity index is 2020. The SMILES string of the molecule is CCCCCCCC/C=C\CCCCCCCC(=O)OC[C@H](COP(=O)(O)OC[C@@H](O)COP(=O)(O)OC[C@@H](COC(=O)CCCCCCC/C=C\CCCCCCCC)OC(=O)CCCCCCCCCCCCCCCCCCC)OC(=O)CCCCCCCCCCCCCCCCC. The Morgan fingerprint density at radius 1 is 0.265 bits per heavy atom. The molecule has 602 valence electrons. The van der Waals surface area contributed by atoms with Gasteiger partial charge < -0.3 is 33.8 Å². The Hall–Kier alpha value is -2.46. The maximum Gasteiger partial charge on any atom is 0.472 e. The van der Waals surface area contributed by atoms with Crippen LogP contribution in [0.2, 0.25) is 0 Å². The third kappa shape index (κ3) is 75.8. The number of ether oxygens (including phenoxy) is 4. The Labute approximate surface area is 624 Å². The van der Waals surface area contributed by atoms with E-state index in [1.165, 1.54) is 218 Å². The maximum absolute atomic E-state index is 13.1. The number of unbranched alkanes of at least 4 members (excludes halogenated alkanes) is 52. The molecule has 0 saturated heterocycles. The summed E-state index contributed by atoms with van der Waals surface area (Å²) < 4.78 is 68.8. The molecular formula is C83H158O17P2. The van der Waals surface area contributed by atoms with Crippen molar-refractivity contribution in [3.63, 3.8) is 0 Å². The zero-order valence-electron chi connectivity index (χ0n) is 66.1. The molecule has 0 aromatic carbocycles. The van der Waals surface area contributed by atoms with Crippen molar-refractivity contribution in [2.45, 2.75) is 444 Å². The van der Waals surface area contributed by atoms with E-state index in [4.69, 9.17) is 37.0 Å². The number of aliphatic hydroxyl groups is 1. The molecule has 0 rings (SSSR count). The molecule has 0 aromatic heterocycles. The summed E-state index contributed by atoms with van der Waals surface area (Å²) in [6.07, 6.45) is 72.8. The molecule has 5 atom stereocenters. The molecular weight excluding hydrogens is 1330 g/mol. The van der Waals surface area contributed by atoms with E-state index in [1.54, 1.807) is 0 Å². The van der Waals surface area contributed by atoms with Crippen molar-refractivity contribution in [2.24, 2.45) is 0 Å². The highest BCUT2D eigenvalue weighted by atomic mass is 31.2. The van der Waals surface area contributed by atoms with E-state index in [9.17, 15) is 43.2 Å². The maximum atomic E-state index is 13.1. The lowest BCUT2D eigenvalue weighted by atomic mass is 10.0. The first-order valence-corrected chi connectivity index (χ1v) is 45.6. The number of aliphatic hydroxyl groups excluding tert-OH is 1. The van der Waals surface area contributed by atoms with Crippen molar-refractivity contribution in [3.8, 4) is 0 Å². The van der Waals surface area contributed by atoms with Crippen LogP contribution in [0.3, 0.4) is 0 Å². The van der Waals surface area contributed by atoms with E-state index >= 15 is 0 Å². The molecule has 0 aliphatic heterocycles. The molecule has 3 N–H and O–H groups in total. The summed E-state index contributed by atoms with van der Waals surface area (Å²) in [5.74, 6) is -2.13. The molecule has 0 radical (unpaired) electrons. The first-order valence-electron chi connectivity index (χ1n) is 42.6. The van der Waals surface area contributed by atoms with Gasteiger partial charge in [-0.3, -0.25) is 37.3 Å². The Morgan fingerprint density at radius 2 is 0.451 bits per heavy atom. The van der Waals surface area contributed by atoms with E-state index in [0.717, 1.165) is 128 Å². The fraction of sp³-hybridized carbons (Fsp3) is 0.904. The lowest BCUT2D eigenvalue weighted by molar-refractivity contribution is -0.161. The van der Waals surface area contributed by atoms with Gasteiger partial charge in [-0.25, -0.2) is 9.13 Å². The van der Waals surface area contributed by atoms with E-state index in [0.29, 0.717) is 25.7 Å². The van der Waals surface area contributed by atoms with E-state index < -0.39 is 97.5 Å². The average Bonchev–Trinajstić information content (AvgIpc) is 0.922. The van der Waals surface area contributed by atoms with Gasteiger partial charge in [0.05, 0.1) is 26.4 Å². The molecule has 0 aliphatic rings. The fourth-order valence-corrected chi connectivity index (χ4v) is 14.0. The molecule has 17 nitrogen and oxygen atoms in total. The van der Waals surface area contributed by atoms with Gasteiger partial charge in [0, 0.05) is 25.7 Å². The Kier molecular flexibility index (Phi) is 74.9. The summed E-state index contributed by atoms with van der Waals surface area (Å²) in [6, 6.07) is 0. The number of rotatable bonds is 82. The summed E-state index contributed by atoms with van der Waals surface area (Å²) in [6.45, 7) is 4.99. The number of phosphoric acid groups is 2. The first kappa shape index (κ1) is 99.5. The Balaban J connectivity index is 5.31. The van der Waals surface area contributed by atoms with Gasteiger partial charge in [-0.1, -0.05) is 347 Å². The summed E-state index contributed by atoms with van der Waals surface area (Å²) in [4.78, 5) is 73.1. The second-order valence-electron chi connectivity index (χ2n) is 29.1. The highest BCUT2D eigenvalue weighted by Crippen LogP contribution is 2.45. The topological polar surface area (TPSA) is 237 Å². The first-order chi connectivity index (χ1) is 49.7. The number of carbonyl (C=O) groups excluding carboxylic acids is 4. The monoisotopic (exact) mass is 1490 g/mol. The summed E-state index contributed by atoms with van der Waals surface area (Å²) in [7, 11) is -9.94.